The average Bonchev–Trinajstić information content (AvgIpc) is 2.52. The van der Waals surface area contributed by atoms with E-state index in [0.29, 0.717) is 6.04 Å². The third-order valence-electron chi connectivity index (χ3n) is 3.88. The van der Waals surface area contributed by atoms with Gasteiger partial charge in [0.15, 0.2) is 5.96 Å². The molecule has 0 amide bonds. The molecule has 1 aliphatic heterocycles. The van der Waals surface area contributed by atoms with Gasteiger partial charge in [-0.1, -0.05) is 30.3 Å². The lowest BCUT2D eigenvalue weighted by molar-refractivity contribution is 0.0179. The fourth-order valence-corrected chi connectivity index (χ4v) is 2.85. The summed E-state index contributed by atoms with van der Waals surface area (Å²) in [7, 11) is 8.13. The average molecular weight is 304 g/mol. The van der Waals surface area contributed by atoms with Crippen LogP contribution in [0.3, 0.4) is 0 Å². The van der Waals surface area contributed by atoms with Crippen molar-refractivity contribution in [1.29, 1.82) is 0 Å². The van der Waals surface area contributed by atoms with Crippen molar-refractivity contribution in [3.63, 3.8) is 0 Å². The molecule has 1 unspecified atom stereocenters. The molecule has 1 saturated heterocycles. The maximum Gasteiger partial charge on any atom is 0.195 e. The maximum atomic E-state index is 5.49. The number of hydrogen-bond acceptors (Lipinski definition) is 3. The topological polar surface area (TPSA) is 31.3 Å². The first-order valence-electron chi connectivity index (χ1n) is 7.85. The summed E-state index contributed by atoms with van der Waals surface area (Å²) in [6, 6.07) is 11.0. The van der Waals surface area contributed by atoms with Crippen LogP contribution in [0.4, 0.5) is 0 Å². The number of ether oxygens (including phenoxy) is 1. The number of rotatable bonds is 4. The molecule has 1 fully saturated rings. The van der Waals surface area contributed by atoms with Gasteiger partial charge in [0.2, 0.25) is 0 Å². The largest absolute Gasteiger partial charge is 0.379 e. The zero-order valence-electron chi connectivity index (χ0n) is 14.2. The minimum atomic E-state index is 0.306. The van der Waals surface area contributed by atoms with Gasteiger partial charge in [-0.25, -0.2) is 0 Å². The van der Waals surface area contributed by atoms with Gasteiger partial charge in [-0.05, 0) is 5.56 Å². The molecule has 22 heavy (non-hydrogen) atoms. The first kappa shape index (κ1) is 16.8. The second-order valence-corrected chi connectivity index (χ2v) is 6.00. The van der Waals surface area contributed by atoms with Crippen LogP contribution in [0, 0.1) is 0 Å². The highest BCUT2D eigenvalue weighted by Crippen LogP contribution is 2.22. The number of guanidine groups is 1. The Kier molecular flexibility index (Phi) is 6.21. The highest BCUT2D eigenvalue weighted by Gasteiger charge is 2.22. The summed E-state index contributed by atoms with van der Waals surface area (Å²) in [6.07, 6.45) is 0. The maximum absolute atomic E-state index is 5.49. The number of morpholine rings is 1. The smallest absolute Gasteiger partial charge is 0.195 e. The second-order valence-electron chi connectivity index (χ2n) is 6.00. The van der Waals surface area contributed by atoms with E-state index in [1.165, 1.54) is 5.56 Å². The molecule has 0 N–H and O–H groups in total. The van der Waals surface area contributed by atoms with E-state index in [0.717, 1.165) is 38.8 Å². The normalized spacial score (nSPS) is 16.9. The minimum Gasteiger partial charge on any atom is -0.379 e. The van der Waals surface area contributed by atoms with Gasteiger partial charge in [0.1, 0.15) is 0 Å². The summed E-state index contributed by atoms with van der Waals surface area (Å²) in [5.74, 6) is 0.995. The van der Waals surface area contributed by atoms with E-state index in [2.05, 4.69) is 45.0 Å². The molecule has 0 radical (unpaired) electrons. The van der Waals surface area contributed by atoms with Crippen LogP contribution in [-0.4, -0.2) is 81.7 Å². The standard InChI is InChI=1S/C17H28N4O/c1-19(2)17(20(3)4)18-14-16(15-8-6-5-7-9-15)21-10-12-22-13-11-21/h5-9,16H,10-14H2,1-4H3. The first-order valence-corrected chi connectivity index (χ1v) is 7.85. The first-order chi connectivity index (χ1) is 10.6. The Morgan fingerprint density at radius 3 is 2.23 bits per heavy atom. The summed E-state index contributed by atoms with van der Waals surface area (Å²) in [5, 5.41) is 0. The molecule has 0 aliphatic carbocycles. The van der Waals surface area contributed by atoms with Crippen molar-refractivity contribution in [3.05, 3.63) is 35.9 Å². The zero-order chi connectivity index (χ0) is 15.9. The Morgan fingerprint density at radius 1 is 1.09 bits per heavy atom. The molecule has 1 aliphatic rings. The molecule has 5 nitrogen and oxygen atoms in total. The van der Waals surface area contributed by atoms with Crippen LogP contribution < -0.4 is 0 Å². The summed E-state index contributed by atoms with van der Waals surface area (Å²) in [4.78, 5) is 11.5. The summed E-state index contributed by atoms with van der Waals surface area (Å²) >= 11 is 0. The van der Waals surface area contributed by atoms with Crippen molar-refractivity contribution >= 4 is 5.96 Å². The lowest BCUT2D eigenvalue weighted by Gasteiger charge is -2.34. The van der Waals surface area contributed by atoms with Crippen LogP contribution in [0.2, 0.25) is 0 Å². The molecule has 2 rings (SSSR count). The van der Waals surface area contributed by atoms with Gasteiger partial charge in [-0.2, -0.15) is 0 Å². The molecular weight excluding hydrogens is 276 g/mol. The quantitative estimate of drug-likeness (QED) is 0.624. The van der Waals surface area contributed by atoms with Gasteiger partial charge in [0.25, 0.3) is 0 Å². The third-order valence-corrected chi connectivity index (χ3v) is 3.88. The molecule has 0 bridgehead atoms. The van der Waals surface area contributed by atoms with Gasteiger partial charge >= 0.3 is 0 Å². The molecule has 1 atom stereocenters. The molecule has 1 aromatic carbocycles. The number of aliphatic imine (C=N–C) groups is 1. The van der Waals surface area contributed by atoms with E-state index < -0.39 is 0 Å². The Hall–Kier alpha value is -1.59. The highest BCUT2D eigenvalue weighted by atomic mass is 16.5. The van der Waals surface area contributed by atoms with E-state index in [4.69, 9.17) is 9.73 Å². The summed E-state index contributed by atoms with van der Waals surface area (Å²) in [5.41, 5.74) is 1.32. The van der Waals surface area contributed by atoms with Crippen molar-refractivity contribution in [3.8, 4) is 0 Å². The van der Waals surface area contributed by atoms with Crippen LogP contribution in [0.1, 0.15) is 11.6 Å². The second kappa shape index (κ2) is 8.15. The van der Waals surface area contributed by atoms with Crippen molar-refractivity contribution in [1.82, 2.24) is 14.7 Å². The molecule has 1 aromatic rings. The van der Waals surface area contributed by atoms with Crippen LogP contribution in [0.25, 0.3) is 0 Å². The Morgan fingerprint density at radius 2 is 1.68 bits per heavy atom. The van der Waals surface area contributed by atoms with Gasteiger partial charge in [-0.3, -0.25) is 9.89 Å². The number of hydrogen-bond donors (Lipinski definition) is 0. The van der Waals surface area contributed by atoms with Crippen molar-refractivity contribution in [2.75, 3.05) is 61.0 Å². The van der Waals surface area contributed by atoms with Crippen LogP contribution >= 0.6 is 0 Å². The molecule has 0 spiro atoms. The van der Waals surface area contributed by atoms with Crippen LogP contribution in [-0.2, 0) is 4.74 Å². The Labute approximate surface area is 134 Å². The van der Waals surface area contributed by atoms with E-state index in [9.17, 15) is 0 Å². The third kappa shape index (κ3) is 4.45. The fraction of sp³-hybridized carbons (Fsp3) is 0.588. The van der Waals surface area contributed by atoms with Crippen molar-refractivity contribution < 1.29 is 4.74 Å². The lowest BCUT2D eigenvalue weighted by Crippen LogP contribution is -2.41. The van der Waals surface area contributed by atoms with Gasteiger partial charge in [0, 0.05) is 41.3 Å². The molecular formula is C17H28N4O. The zero-order valence-corrected chi connectivity index (χ0v) is 14.2. The number of nitrogens with zero attached hydrogens (tertiary/aromatic N) is 4. The van der Waals surface area contributed by atoms with E-state index in [1.54, 1.807) is 0 Å². The van der Waals surface area contributed by atoms with Crippen molar-refractivity contribution in [2.24, 2.45) is 4.99 Å². The van der Waals surface area contributed by atoms with E-state index in [-0.39, 0.29) is 0 Å². The number of benzene rings is 1. The SMILES string of the molecule is CN(C)C(=NCC(c1ccccc1)N1CCOCC1)N(C)C. The van der Waals surface area contributed by atoms with Crippen molar-refractivity contribution in [2.45, 2.75) is 6.04 Å². The van der Waals surface area contributed by atoms with E-state index in [1.807, 2.05) is 28.2 Å². The van der Waals surface area contributed by atoms with Gasteiger partial charge < -0.3 is 14.5 Å². The molecule has 0 aromatic heterocycles. The van der Waals surface area contributed by atoms with Crippen LogP contribution in [0.15, 0.2) is 35.3 Å². The molecule has 5 heteroatoms. The molecule has 1 heterocycles. The Bertz CT molecular complexity index is 457. The monoisotopic (exact) mass is 304 g/mol. The lowest BCUT2D eigenvalue weighted by atomic mass is 10.1. The van der Waals surface area contributed by atoms with Gasteiger partial charge in [-0.15, -0.1) is 0 Å². The van der Waals surface area contributed by atoms with E-state index >= 15 is 0 Å². The fourth-order valence-electron chi connectivity index (χ4n) is 2.85. The predicted molar refractivity (Wildman–Crippen MR) is 91.3 cm³/mol. The van der Waals surface area contributed by atoms with Crippen LogP contribution in [0.5, 0.6) is 0 Å². The molecule has 122 valence electrons. The van der Waals surface area contributed by atoms with Gasteiger partial charge in [0.05, 0.1) is 25.8 Å². The predicted octanol–water partition coefficient (Wildman–Crippen LogP) is 1.54. The summed E-state index contributed by atoms with van der Waals surface area (Å²) < 4.78 is 5.49. The highest BCUT2D eigenvalue weighted by molar-refractivity contribution is 5.79. The Balaban J connectivity index is 2.19. The molecule has 0 saturated carbocycles. The minimum absolute atomic E-state index is 0.306. The summed E-state index contributed by atoms with van der Waals surface area (Å²) in [6.45, 7) is 4.31.